The minimum atomic E-state index is -0.796. The maximum absolute atomic E-state index is 13.0. The standard InChI is InChI=1S/C25H35N5O3/c1-17(2)27-25(33)24-21-15-19(4-3-18-7-11-26-12-8-18)5-6-22(21)30(28-24)20-9-13-29(14-10-20)16-23(31)32/h3-6,15,17-18,20,26H,7-14,16H2,1-2H3,(H,27,33)(H,31,32)/b4-3+. The fourth-order valence-electron chi connectivity index (χ4n) is 4.84. The second kappa shape index (κ2) is 10.5. The monoisotopic (exact) mass is 453 g/mol. The minimum absolute atomic E-state index is 0.0277. The number of carbonyl (C=O) groups is 2. The van der Waals surface area contributed by atoms with Gasteiger partial charge in [-0.25, -0.2) is 0 Å². The van der Waals surface area contributed by atoms with Gasteiger partial charge in [-0.3, -0.25) is 19.2 Å². The van der Waals surface area contributed by atoms with Crippen LogP contribution in [-0.4, -0.2) is 70.4 Å². The summed E-state index contributed by atoms with van der Waals surface area (Å²) >= 11 is 0. The van der Waals surface area contributed by atoms with Gasteiger partial charge in [0.15, 0.2) is 5.69 Å². The zero-order valence-electron chi connectivity index (χ0n) is 19.6. The van der Waals surface area contributed by atoms with E-state index in [1.54, 1.807) is 0 Å². The third-order valence-electron chi connectivity index (χ3n) is 6.57. The van der Waals surface area contributed by atoms with Gasteiger partial charge in [-0.2, -0.15) is 5.10 Å². The van der Waals surface area contributed by atoms with Crippen LogP contribution in [0.4, 0.5) is 0 Å². The number of fused-ring (bicyclic) bond motifs is 1. The molecular formula is C25H35N5O3. The molecule has 3 N–H and O–H groups in total. The maximum atomic E-state index is 13.0. The third kappa shape index (κ3) is 5.81. The summed E-state index contributed by atoms with van der Waals surface area (Å²) < 4.78 is 1.99. The molecule has 2 saturated heterocycles. The van der Waals surface area contributed by atoms with Crippen molar-refractivity contribution >= 4 is 28.9 Å². The first-order chi connectivity index (χ1) is 15.9. The van der Waals surface area contributed by atoms with Crippen molar-refractivity contribution in [1.29, 1.82) is 0 Å². The van der Waals surface area contributed by atoms with Crippen LogP contribution in [0.15, 0.2) is 24.3 Å². The second-order valence-corrected chi connectivity index (χ2v) is 9.55. The molecule has 0 radical (unpaired) electrons. The van der Waals surface area contributed by atoms with E-state index in [1.165, 1.54) is 0 Å². The van der Waals surface area contributed by atoms with E-state index in [1.807, 2.05) is 23.4 Å². The number of hydrogen-bond donors (Lipinski definition) is 3. The Morgan fingerprint density at radius 1 is 1.21 bits per heavy atom. The summed E-state index contributed by atoms with van der Waals surface area (Å²) in [5.41, 5.74) is 2.50. The van der Waals surface area contributed by atoms with Gasteiger partial charge in [0.25, 0.3) is 5.91 Å². The van der Waals surface area contributed by atoms with Crippen molar-refractivity contribution in [2.45, 2.75) is 51.6 Å². The van der Waals surface area contributed by atoms with E-state index in [-0.39, 0.29) is 24.5 Å². The Balaban J connectivity index is 1.61. The molecule has 1 aromatic heterocycles. The van der Waals surface area contributed by atoms with E-state index >= 15 is 0 Å². The molecule has 1 amide bonds. The Morgan fingerprint density at radius 2 is 1.94 bits per heavy atom. The summed E-state index contributed by atoms with van der Waals surface area (Å²) in [6.07, 6.45) is 8.39. The number of carboxylic acid groups (broad SMARTS) is 1. The molecule has 3 heterocycles. The number of carbonyl (C=O) groups excluding carboxylic acids is 1. The summed E-state index contributed by atoms with van der Waals surface area (Å²) in [7, 11) is 0. The Bertz CT molecular complexity index is 1010. The predicted molar refractivity (Wildman–Crippen MR) is 129 cm³/mol. The molecule has 0 spiro atoms. The molecule has 0 unspecified atom stereocenters. The number of nitrogens with zero attached hydrogens (tertiary/aromatic N) is 3. The molecule has 2 aromatic rings. The van der Waals surface area contributed by atoms with Crippen molar-refractivity contribution in [3.8, 4) is 0 Å². The lowest BCUT2D eigenvalue weighted by atomic mass is 9.96. The summed E-state index contributed by atoms with van der Waals surface area (Å²) in [4.78, 5) is 26.0. The zero-order chi connectivity index (χ0) is 23.4. The van der Waals surface area contributed by atoms with Crippen molar-refractivity contribution in [2.24, 2.45) is 5.92 Å². The average molecular weight is 454 g/mol. The van der Waals surface area contributed by atoms with Crippen LogP contribution < -0.4 is 10.6 Å². The molecule has 2 fully saturated rings. The van der Waals surface area contributed by atoms with E-state index in [0.29, 0.717) is 24.7 Å². The first-order valence-electron chi connectivity index (χ1n) is 12.1. The summed E-state index contributed by atoms with van der Waals surface area (Å²) in [5.74, 6) is -0.364. The van der Waals surface area contributed by atoms with Gasteiger partial charge in [-0.1, -0.05) is 18.2 Å². The highest BCUT2D eigenvalue weighted by Gasteiger charge is 2.26. The van der Waals surface area contributed by atoms with Crippen LogP contribution in [-0.2, 0) is 4.79 Å². The number of nitrogens with one attached hydrogen (secondary N) is 2. The minimum Gasteiger partial charge on any atom is -0.480 e. The van der Waals surface area contributed by atoms with Gasteiger partial charge in [0.2, 0.25) is 0 Å². The van der Waals surface area contributed by atoms with E-state index in [4.69, 9.17) is 10.2 Å². The second-order valence-electron chi connectivity index (χ2n) is 9.55. The normalized spacial score (nSPS) is 19.0. The van der Waals surface area contributed by atoms with Gasteiger partial charge in [-0.15, -0.1) is 0 Å². The van der Waals surface area contributed by atoms with E-state index in [0.717, 1.165) is 55.2 Å². The van der Waals surface area contributed by atoms with Gasteiger partial charge in [-0.05, 0) is 76.2 Å². The van der Waals surface area contributed by atoms with Crippen LogP contribution in [0.5, 0.6) is 0 Å². The SMILES string of the molecule is CC(C)NC(=O)c1nn(C2CCN(CC(=O)O)CC2)c2ccc(/C=C/C3CCNCC3)cc12. The molecule has 1 aromatic carbocycles. The van der Waals surface area contributed by atoms with Crippen molar-refractivity contribution < 1.29 is 14.7 Å². The van der Waals surface area contributed by atoms with Crippen molar-refractivity contribution in [1.82, 2.24) is 25.3 Å². The summed E-state index contributed by atoms with van der Waals surface area (Å²) in [5, 5.41) is 21.1. The number of amides is 1. The van der Waals surface area contributed by atoms with Gasteiger partial charge >= 0.3 is 5.97 Å². The number of piperidine rings is 2. The molecule has 33 heavy (non-hydrogen) atoms. The third-order valence-corrected chi connectivity index (χ3v) is 6.57. The van der Waals surface area contributed by atoms with Gasteiger partial charge < -0.3 is 15.7 Å². The molecule has 4 rings (SSSR count). The number of allylic oxidation sites excluding steroid dienone is 1. The van der Waals surface area contributed by atoms with E-state index < -0.39 is 5.97 Å². The van der Waals surface area contributed by atoms with Gasteiger partial charge in [0, 0.05) is 24.5 Å². The molecular weight excluding hydrogens is 418 g/mol. The molecule has 0 saturated carbocycles. The number of rotatable bonds is 7. The van der Waals surface area contributed by atoms with Crippen molar-refractivity contribution in [3.63, 3.8) is 0 Å². The van der Waals surface area contributed by atoms with Crippen LogP contribution in [0.2, 0.25) is 0 Å². The van der Waals surface area contributed by atoms with E-state index in [9.17, 15) is 9.59 Å². The lowest BCUT2D eigenvalue weighted by Gasteiger charge is -2.31. The van der Waals surface area contributed by atoms with Crippen LogP contribution in [0.25, 0.3) is 17.0 Å². The highest BCUT2D eigenvalue weighted by molar-refractivity contribution is 6.05. The Labute approximate surface area is 195 Å². The number of likely N-dealkylation sites (tertiary alicyclic amines) is 1. The Kier molecular flexibility index (Phi) is 7.45. The smallest absolute Gasteiger partial charge is 0.317 e. The van der Waals surface area contributed by atoms with Crippen LogP contribution in [0.3, 0.4) is 0 Å². The number of aliphatic carboxylic acids is 1. The van der Waals surface area contributed by atoms with Crippen molar-refractivity contribution in [2.75, 3.05) is 32.7 Å². The average Bonchev–Trinajstić information content (AvgIpc) is 3.17. The fraction of sp³-hybridized carbons (Fsp3) is 0.560. The van der Waals surface area contributed by atoms with Crippen molar-refractivity contribution in [3.05, 3.63) is 35.5 Å². The molecule has 2 aliphatic rings. The lowest BCUT2D eigenvalue weighted by molar-refractivity contribution is -0.138. The summed E-state index contributed by atoms with van der Waals surface area (Å²) in [6, 6.07) is 6.42. The molecule has 2 aliphatic heterocycles. The molecule has 0 bridgehead atoms. The molecule has 8 nitrogen and oxygen atoms in total. The first kappa shape index (κ1) is 23.4. The molecule has 178 valence electrons. The van der Waals surface area contributed by atoms with E-state index in [2.05, 4.69) is 41.0 Å². The van der Waals surface area contributed by atoms with Crippen LogP contribution in [0.1, 0.15) is 61.6 Å². The highest BCUT2D eigenvalue weighted by atomic mass is 16.4. The zero-order valence-corrected chi connectivity index (χ0v) is 19.6. The van der Waals surface area contributed by atoms with Gasteiger partial charge in [0.1, 0.15) is 0 Å². The number of hydrogen-bond acceptors (Lipinski definition) is 5. The lowest BCUT2D eigenvalue weighted by Crippen LogP contribution is -2.38. The Morgan fingerprint density at radius 3 is 2.61 bits per heavy atom. The topological polar surface area (TPSA) is 99.5 Å². The number of aromatic nitrogens is 2. The van der Waals surface area contributed by atoms with Gasteiger partial charge in [0.05, 0.1) is 18.1 Å². The number of carboxylic acids is 1. The molecule has 0 atom stereocenters. The first-order valence-corrected chi connectivity index (χ1v) is 12.1. The van der Waals surface area contributed by atoms with Crippen LogP contribution in [0, 0.1) is 5.92 Å². The molecule has 0 aliphatic carbocycles. The largest absolute Gasteiger partial charge is 0.480 e. The quantitative estimate of drug-likeness (QED) is 0.596. The molecule has 8 heteroatoms. The summed E-state index contributed by atoms with van der Waals surface area (Å²) in [6.45, 7) is 7.51. The highest BCUT2D eigenvalue weighted by Crippen LogP contribution is 2.29. The maximum Gasteiger partial charge on any atom is 0.317 e. The predicted octanol–water partition coefficient (Wildman–Crippen LogP) is 2.91. The Hall–Kier alpha value is -2.71. The van der Waals surface area contributed by atoms with Crippen LogP contribution >= 0.6 is 0 Å². The fourth-order valence-corrected chi connectivity index (χ4v) is 4.84. The number of benzene rings is 1.